The summed E-state index contributed by atoms with van der Waals surface area (Å²) in [6, 6.07) is 4.35. The molecule has 0 saturated carbocycles. The smallest absolute Gasteiger partial charge is 0.325 e. The molecule has 0 aliphatic carbocycles. The van der Waals surface area contributed by atoms with Crippen molar-refractivity contribution in [2.24, 2.45) is 0 Å². The Kier molecular flexibility index (Phi) is 5.53. The lowest BCUT2D eigenvalue weighted by Crippen LogP contribution is -2.48. The van der Waals surface area contributed by atoms with Gasteiger partial charge in [-0.25, -0.2) is 4.39 Å². The summed E-state index contributed by atoms with van der Waals surface area (Å²) in [4.78, 5) is 27.0. The zero-order valence-corrected chi connectivity index (χ0v) is 14.7. The van der Waals surface area contributed by atoms with Crippen LogP contribution in [0.2, 0.25) is 5.02 Å². The third-order valence-electron chi connectivity index (χ3n) is 4.25. The number of aromatic nitrogens is 2. The van der Waals surface area contributed by atoms with Gasteiger partial charge in [-0.15, -0.1) is 0 Å². The first-order chi connectivity index (χ1) is 12.4. The van der Waals surface area contributed by atoms with Gasteiger partial charge in [0.1, 0.15) is 12.4 Å². The number of nitrogens with zero attached hydrogens (tertiary/aromatic N) is 4. The molecule has 0 spiro atoms. The minimum atomic E-state index is -1.01. The molecule has 2 aromatic rings. The fraction of sp³-hybridized carbons (Fsp3) is 0.353. The van der Waals surface area contributed by atoms with Gasteiger partial charge in [0, 0.05) is 43.9 Å². The van der Waals surface area contributed by atoms with Gasteiger partial charge in [0.2, 0.25) is 0 Å². The van der Waals surface area contributed by atoms with Crippen molar-refractivity contribution in [2.75, 3.05) is 26.2 Å². The molecule has 1 aliphatic rings. The first kappa shape index (κ1) is 18.3. The fourth-order valence-electron chi connectivity index (χ4n) is 2.88. The number of carbonyl (C=O) groups excluding carboxylic acids is 1. The number of carboxylic acids is 1. The zero-order valence-electron chi connectivity index (χ0n) is 13.9. The van der Waals surface area contributed by atoms with Crippen molar-refractivity contribution >= 4 is 23.5 Å². The maximum absolute atomic E-state index is 13.1. The Hall–Kier alpha value is -2.45. The highest BCUT2D eigenvalue weighted by Crippen LogP contribution is 2.20. The lowest BCUT2D eigenvalue weighted by Gasteiger charge is -2.34. The molecular formula is C17H18ClFN4O3. The number of halogens is 2. The second-order valence-electron chi connectivity index (χ2n) is 6.12. The number of hydrogen-bond acceptors (Lipinski definition) is 4. The highest BCUT2D eigenvalue weighted by molar-refractivity contribution is 6.31. The summed E-state index contributed by atoms with van der Waals surface area (Å²) in [7, 11) is 0. The maximum Gasteiger partial charge on any atom is 0.325 e. The highest BCUT2D eigenvalue weighted by Gasteiger charge is 2.23. The molecule has 1 amide bonds. The van der Waals surface area contributed by atoms with Gasteiger partial charge in [0.15, 0.2) is 0 Å². The Morgan fingerprint density at radius 3 is 2.62 bits per heavy atom. The fourth-order valence-corrected chi connectivity index (χ4v) is 3.11. The van der Waals surface area contributed by atoms with E-state index in [2.05, 4.69) is 10.00 Å². The average Bonchev–Trinajstić information content (AvgIpc) is 3.05. The predicted molar refractivity (Wildman–Crippen MR) is 92.5 cm³/mol. The van der Waals surface area contributed by atoms with E-state index in [-0.39, 0.29) is 18.3 Å². The molecule has 7 nitrogen and oxygen atoms in total. The first-order valence-electron chi connectivity index (χ1n) is 8.12. The van der Waals surface area contributed by atoms with Crippen molar-refractivity contribution in [3.63, 3.8) is 0 Å². The third-order valence-corrected chi connectivity index (χ3v) is 4.60. The monoisotopic (exact) mass is 380 g/mol. The van der Waals surface area contributed by atoms with E-state index < -0.39 is 5.97 Å². The van der Waals surface area contributed by atoms with Crippen LogP contribution >= 0.6 is 11.6 Å². The quantitative estimate of drug-likeness (QED) is 0.854. The SMILES string of the molecule is O=C(O)Cn1cc(C(=O)N2CCN(Cc3ccc(F)cc3Cl)CC2)cn1. The molecule has 0 unspecified atom stereocenters. The number of piperazine rings is 1. The molecule has 2 heterocycles. The van der Waals surface area contributed by atoms with E-state index in [1.165, 1.54) is 29.2 Å². The zero-order chi connectivity index (χ0) is 18.7. The number of hydrogen-bond donors (Lipinski definition) is 1. The van der Waals surface area contributed by atoms with E-state index in [0.717, 1.165) is 5.56 Å². The summed E-state index contributed by atoms with van der Waals surface area (Å²) in [5, 5.41) is 13.0. The van der Waals surface area contributed by atoms with Crippen molar-refractivity contribution in [1.82, 2.24) is 19.6 Å². The number of rotatable bonds is 5. The summed E-state index contributed by atoms with van der Waals surface area (Å²) < 4.78 is 14.3. The van der Waals surface area contributed by atoms with E-state index >= 15 is 0 Å². The van der Waals surface area contributed by atoms with Gasteiger partial charge in [0.05, 0.1) is 11.8 Å². The number of carboxylic acid groups (broad SMARTS) is 1. The summed E-state index contributed by atoms with van der Waals surface area (Å²) in [6.45, 7) is 2.74. The van der Waals surface area contributed by atoms with E-state index in [1.54, 1.807) is 11.0 Å². The molecule has 1 N–H and O–H groups in total. The van der Waals surface area contributed by atoms with Gasteiger partial charge in [0.25, 0.3) is 5.91 Å². The summed E-state index contributed by atoms with van der Waals surface area (Å²) in [5.41, 5.74) is 1.23. The molecule has 3 rings (SSSR count). The van der Waals surface area contributed by atoms with Gasteiger partial charge >= 0.3 is 5.97 Å². The van der Waals surface area contributed by atoms with E-state index in [4.69, 9.17) is 16.7 Å². The second kappa shape index (κ2) is 7.84. The summed E-state index contributed by atoms with van der Waals surface area (Å²) >= 11 is 6.06. The average molecular weight is 381 g/mol. The van der Waals surface area contributed by atoms with Crippen LogP contribution in [0.15, 0.2) is 30.6 Å². The van der Waals surface area contributed by atoms with Gasteiger partial charge in [-0.2, -0.15) is 5.10 Å². The van der Waals surface area contributed by atoms with Gasteiger partial charge in [-0.05, 0) is 17.7 Å². The molecule has 26 heavy (non-hydrogen) atoms. The van der Waals surface area contributed by atoms with Crippen LogP contribution in [0, 0.1) is 5.82 Å². The van der Waals surface area contributed by atoms with E-state index in [0.29, 0.717) is 43.3 Å². The van der Waals surface area contributed by atoms with Crippen LogP contribution in [0.5, 0.6) is 0 Å². The number of amides is 1. The van der Waals surface area contributed by atoms with Crippen LogP contribution in [0.3, 0.4) is 0 Å². The second-order valence-corrected chi connectivity index (χ2v) is 6.53. The molecule has 0 radical (unpaired) electrons. The Balaban J connectivity index is 1.55. The minimum absolute atomic E-state index is 0.166. The van der Waals surface area contributed by atoms with Crippen LogP contribution in [-0.2, 0) is 17.9 Å². The summed E-state index contributed by atoms with van der Waals surface area (Å²) in [6.07, 6.45) is 2.83. The van der Waals surface area contributed by atoms with Crippen molar-refractivity contribution in [2.45, 2.75) is 13.1 Å². The first-order valence-corrected chi connectivity index (χ1v) is 8.50. The van der Waals surface area contributed by atoms with Crippen molar-refractivity contribution in [3.8, 4) is 0 Å². The Bertz CT molecular complexity index is 818. The molecule has 1 aliphatic heterocycles. The van der Waals surface area contributed by atoms with E-state index in [9.17, 15) is 14.0 Å². The Morgan fingerprint density at radius 2 is 1.96 bits per heavy atom. The Morgan fingerprint density at radius 1 is 1.23 bits per heavy atom. The number of benzene rings is 1. The van der Waals surface area contributed by atoms with Gasteiger partial charge in [-0.1, -0.05) is 17.7 Å². The Labute approximate surface area is 154 Å². The molecule has 1 aromatic heterocycles. The van der Waals surface area contributed by atoms with Crippen LogP contribution in [0.25, 0.3) is 0 Å². The van der Waals surface area contributed by atoms with Gasteiger partial charge in [-0.3, -0.25) is 19.2 Å². The predicted octanol–water partition coefficient (Wildman–Crippen LogP) is 1.72. The third kappa shape index (κ3) is 4.39. The van der Waals surface area contributed by atoms with Crippen molar-refractivity contribution in [1.29, 1.82) is 0 Å². The maximum atomic E-state index is 13.1. The van der Waals surface area contributed by atoms with Crippen LogP contribution in [0.4, 0.5) is 4.39 Å². The highest BCUT2D eigenvalue weighted by atomic mass is 35.5. The van der Waals surface area contributed by atoms with Crippen LogP contribution < -0.4 is 0 Å². The standard InChI is InChI=1S/C17H18ClFN4O3/c18-15-7-14(19)2-1-12(15)9-21-3-5-22(6-4-21)17(26)13-8-20-23(10-13)11-16(24)25/h1-2,7-8,10H,3-6,9,11H2,(H,24,25). The molecule has 0 bridgehead atoms. The van der Waals surface area contributed by atoms with Crippen molar-refractivity contribution in [3.05, 3.63) is 52.6 Å². The van der Waals surface area contributed by atoms with Gasteiger partial charge < -0.3 is 10.0 Å². The van der Waals surface area contributed by atoms with Crippen LogP contribution in [-0.4, -0.2) is 62.7 Å². The molecule has 1 fully saturated rings. The van der Waals surface area contributed by atoms with Crippen LogP contribution in [0.1, 0.15) is 15.9 Å². The largest absolute Gasteiger partial charge is 0.480 e. The van der Waals surface area contributed by atoms with Crippen molar-refractivity contribution < 1.29 is 19.1 Å². The minimum Gasteiger partial charge on any atom is -0.480 e. The van der Waals surface area contributed by atoms with E-state index in [1.807, 2.05) is 0 Å². The number of carbonyl (C=O) groups is 2. The molecule has 1 aromatic carbocycles. The molecule has 9 heteroatoms. The lowest BCUT2D eigenvalue weighted by molar-refractivity contribution is -0.137. The lowest BCUT2D eigenvalue weighted by atomic mass is 10.2. The molecular weight excluding hydrogens is 363 g/mol. The topological polar surface area (TPSA) is 78.7 Å². The molecule has 0 atom stereocenters. The summed E-state index contributed by atoms with van der Waals surface area (Å²) in [5.74, 6) is -1.54. The molecule has 138 valence electrons. The number of aliphatic carboxylic acids is 1. The normalized spacial score (nSPS) is 15.2. The molecule has 1 saturated heterocycles.